The van der Waals surface area contributed by atoms with Crippen molar-refractivity contribution in [1.82, 2.24) is 4.90 Å². The third-order valence-corrected chi connectivity index (χ3v) is 3.22. The Hall–Kier alpha value is -1.42. The summed E-state index contributed by atoms with van der Waals surface area (Å²) in [7, 11) is 1.75. The first-order valence-corrected chi connectivity index (χ1v) is 5.83. The van der Waals surface area contributed by atoms with Gasteiger partial charge in [-0.15, -0.1) is 0 Å². The zero-order chi connectivity index (χ0) is 12.4. The standard InChI is InChI=1S/C13H17FN2O/c1-16(8-9-5-12(15)6-9)13(17)10-3-2-4-11(14)7-10/h2-4,7,9,12H,5-6,8,15H2,1H3. The van der Waals surface area contributed by atoms with Crippen molar-refractivity contribution in [3.05, 3.63) is 35.6 Å². The molecule has 0 atom stereocenters. The molecule has 92 valence electrons. The van der Waals surface area contributed by atoms with Crippen LogP contribution in [-0.2, 0) is 0 Å². The summed E-state index contributed by atoms with van der Waals surface area (Å²) in [4.78, 5) is 13.6. The minimum absolute atomic E-state index is 0.134. The maximum Gasteiger partial charge on any atom is 0.253 e. The van der Waals surface area contributed by atoms with Gasteiger partial charge in [0.2, 0.25) is 0 Å². The summed E-state index contributed by atoms with van der Waals surface area (Å²) in [5.74, 6) is -0.0209. The number of benzene rings is 1. The summed E-state index contributed by atoms with van der Waals surface area (Å²) in [6.07, 6.45) is 1.95. The Morgan fingerprint density at radius 1 is 1.53 bits per heavy atom. The molecule has 2 rings (SSSR count). The van der Waals surface area contributed by atoms with E-state index in [1.165, 1.54) is 12.1 Å². The lowest BCUT2D eigenvalue weighted by atomic mass is 9.80. The number of halogens is 1. The number of nitrogens with two attached hydrogens (primary N) is 1. The highest BCUT2D eigenvalue weighted by Crippen LogP contribution is 2.26. The van der Waals surface area contributed by atoms with Crippen molar-refractivity contribution in [1.29, 1.82) is 0 Å². The van der Waals surface area contributed by atoms with Crippen LogP contribution in [-0.4, -0.2) is 30.4 Å². The molecule has 2 N–H and O–H groups in total. The van der Waals surface area contributed by atoms with E-state index in [9.17, 15) is 9.18 Å². The number of hydrogen-bond donors (Lipinski definition) is 1. The molecule has 0 unspecified atom stereocenters. The molecule has 17 heavy (non-hydrogen) atoms. The molecule has 0 radical (unpaired) electrons. The van der Waals surface area contributed by atoms with Crippen molar-refractivity contribution in [3.63, 3.8) is 0 Å². The van der Waals surface area contributed by atoms with Gasteiger partial charge in [-0.1, -0.05) is 6.07 Å². The normalized spacial score (nSPS) is 23.0. The van der Waals surface area contributed by atoms with E-state index in [0.717, 1.165) is 12.8 Å². The highest BCUT2D eigenvalue weighted by molar-refractivity contribution is 5.94. The van der Waals surface area contributed by atoms with Crippen LogP contribution in [0.4, 0.5) is 4.39 Å². The van der Waals surface area contributed by atoms with Crippen molar-refractivity contribution in [2.75, 3.05) is 13.6 Å². The van der Waals surface area contributed by atoms with Gasteiger partial charge in [0, 0.05) is 25.2 Å². The van der Waals surface area contributed by atoms with E-state index in [4.69, 9.17) is 5.73 Å². The van der Waals surface area contributed by atoms with Crippen molar-refractivity contribution < 1.29 is 9.18 Å². The smallest absolute Gasteiger partial charge is 0.253 e. The summed E-state index contributed by atoms with van der Waals surface area (Å²) in [5.41, 5.74) is 6.10. The lowest BCUT2D eigenvalue weighted by molar-refractivity contribution is 0.0733. The quantitative estimate of drug-likeness (QED) is 0.867. The van der Waals surface area contributed by atoms with Crippen LogP contribution in [0.5, 0.6) is 0 Å². The molecule has 1 fully saturated rings. The predicted octanol–water partition coefficient (Wildman–Crippen LogP) is 1.63. The maximum atomic E-state index is 13.0. The molecule has 1 aromatic rings. The molecule has 0 aromatic heterocycles. The Morgan fingerprint density at radius 2 is 2.24 bits per heavy atom. The Balaban J connectivity index is 1.95. The zero-order valence-corrected chi connectivity index (χ0v) is 9.90. The van der Waals surface area contributed by atoms with E-state index in [-0.39, 0.29) is 17.8 Å². The first-order valence-electron chi connectivity index (χ1n) is 5.83. The van der Waals surface area contributed by atoms with Gasteiger partial charge in [0.25, 0.3) is 5.91 Å². The molecule has 0 spiro atoms. The number of rotatable bonds is 3. The molecule has 1 amide bonds. The molecule has 0 bridgehead atoms. The van der Waals surface area contributed by atoms with E-state index >= 15 is 0 Å². The van der Waals surface area contributed by atoms with Gasteiger partial charge in [-0.2, -0.15) is 0 Å². The number of carbonyl (C=O) groups excluding carboxylic acids is 1. The first kappa shape index (κ1) is 12.0. The maximum absolute atomic E-state index is 13.0. The van der Waals surface area contributed by atoms with Gasteiger partial charge in [-0.05, 0) is 37.0 Å². The van der Waals surface area contributed by atoms with Gasteiger partial charge >= 0.3 is 0 Å². The van der Waals surface area contributed by atoms with Crippen LogP contribution in [0.2, 0.25) is 0 Å². The fraction of sp³-hybridized carbons (Fsp3) is 0.462. The van der Waals surface area contributed by atoms with Crippen LogP contribution in [0.1, 0.15) is 23.2 Å². The van der Waals surface area contributed by atoms with Gasteiger partial charge < -0.3 is 10.6 Å². The van der Waals surface area contributed by atoms with E-state index in [0.29, 0.717) is 18.0 Å². The van der Waals surface area contributed by atoms with Crippen LogP contribution in [0.25, 0.3) is 0 Å². The molecule has 1 aliphatic carbocycles. The summed E-state index contributed by atoms with van der Waals surface area (Å²) < 4.78 is 13.0. The van der Waals surface area contributed by atoms with E-state index in [1.807, 2.05) is 0 Å². The molecule has 1 saturated carbocycles. The van der Waals surface area contributed by atoms with Crippen molar-refractivity contribution in [2.24, 2.45) is 11.7 Å². The Morgan fingerprint density at radius 3 is 2.82 bits per heavy atom. The van der Waals surface area contributed by atoms with Crippen LogP contribution in [0.15, 0.2) is 24.3 Å². The van der Waals surface area contributed by atoms with Crippen molar-refractivity contribution in [2.45, 2.75) is 18.9 Å². The monoisotopic (exact) mass is 236 g/mol. The zero-order valence-electron chi connectivity index (χ0n) is 9.90. The molecular formula is C13H17FN2O. The van der Waals surface area contributed by atoms with Gasteiger partial charge in [-0.25, -0.2) is 4.39 Å². The Kier molecular flexibility index (Phi) is 3.43. The summed E-state index contributed by atoms with van der Waals surface area (Å²) in [5, 5.41) is 0. The van der Waals surface area contributed by atoms with E-state index in [2.05, 4.69) is 0 Å². The largest absolute Gasteiger partial charge is 0.341 e. The molecule has 1 aromatic carbocycles. The number of nitrogens with zero attached hydrogens (tertiary/aromatic N) is 1. The minimum atomic E-state index is -0.380. The van der Waals surface area contributed by atoms with Gasteiger partial charge in [0.1, 0.15) is 5.82 Å². The second-order valence-electron chi connectivity index (χ2n) is 4.79. The average molecular weight is 236 g/mol. The van der Waals surface area contributed by atoms with Crippen LogP contribution in [0.3, 0.4) is 0 Å². The third kappa shape index (κ3) is 2.82. The predicted molar refractivity (Wildman–Crippen MR) is 64.1 cm³/mol. The number of amides is 1. The van der Waals surface area contributed by atoms with Gasteiger partial charge in [0.05, 0.1) is 0 Å². The Bertz CT molecular complexity index is 416. The number of hydrogen-bond acceptors (Lipinski definition) is 2. The van der Waals surface area contributed by atoms with E-state index in [1.54, 1.807) is 24.1 Å². The highest BCUT2D eigenvalue weighted by Gasteiger charge is 2.28. The van der Waals surface area contributed by atoms with Gasteiger partial charge in [-0.3, -0.25) is 4.79 Å². The first-order chi connectivity index (χ1) is 8.06. The molecule has 4 heteroatoms. The van der Waals surface area contributed by atoms with Crippen LogP contribution >= 0.6 is 0 Å². The highest BCUT2D eigenvalue weighted by atomic mass is 19.1. The summed E-state index contributed by atoms with van der Waals surface area (Å²) in [6, 6.07) is 6.08. The van der Waals surface area contributed by atoms with Crippen LogP contribution in [0, 0.1) is 11.7 Å². The average Bonchev–Trinajstić information content (AvgIpc) is 2.26. The molecule has 3 nitrogen and oxygen atoms in total. The molecular weight excluding hydrogens is 219 g/mol. The topological polar surface area (TPSA) is 46.3 Å². The fourth-order valence-electron chi connectivity index (χ4n) is 2.25. The van der Waals surface area contributed by atoms with E-state index < -0.39 is 0 Å². The summed E-state index contributed by atoms with van der Waals surface area (Å²) >= 11 is 0. The van der Waals surface area contributed by atoms with Crippen LogP contribution < -0.4 is 5.73 Å². The SMILES string of the molecule is CN(CC1CC(N)C1)C(=O)c1cccc(F)c1. The lowest BCUT2D eigenvalue weighted by Crippen LogP contribution is -2.43. The third-order valence-electron chi connectivity index (χ3n) is 3.22. The van der Waals surface area contributed by atoms with Crippen molar-refractivity contribution in [3.8, 4) is 0 Å². The molecule has 0 saturated heterocycles. The van der Waals surface area contributed by atoms with Crippen molar-refractivity contribution >= 4 is 5.91 Å². The lowest BCUT2D eigenvalue weighted by Gasteiger charge is -2.35. The Labute approximate surface area is 100 Å². The second-order valence-corrected chi connectivity index (χ2v) is 4.79. The molecule has 1 aliphatic rings. The number of carbonyl (C=O) groups is 1. The minimum Gasteiger partial charge on any atom is -0.341 e. The molecule has 0 heterocycles. The van der Waals surface area contributed by atoms with Gasteiger partial charge in [0.15, 0.2) is 0 Å². The summed E-state index contributed by atoms with van der Waals surface area (Å²) in [6.45, 7) is 0.697. The second kappa shape index (κ2) is 4.84. The fourth-order valence-corrected chi connectivity index (χ4v) is 2.25. The molecule has 0 aliphatic heterocycles.